The third kappa shape index (κ3) is 8.78. The van der Waals surface area contributed by atoms with Crippen molar-refractivity contribution in [1.29, 1.82) is 0 Å². The Labute approximate surface area is 384 Å². The van der Waals surface area contributed by atoms with E-state index in [-0.39, 0.29) is 36.4 Å². The summed E-state index contributed by atoms with van der Waals surface area (Å²) in [6.07, 6.45) is 12.1. The number of amides is 7. The van der Waals surface area contributed by atoms with Gasteiger partial charge in [0.15, 0.2) is 11.5 Å². The van der Waals surface area contributed by atoms with Crippen LogP contribution in [0.5, 0.6) is 0 Å². The SMILES string of the molecule is NC(=O)c1nnc(N2CCCC(N3CCN(C4CCCCC4)C3=O)C2)nc1Nc1ccc(C2CCN(CC3CCN(c4ccc5c(c4)C(=O)N(C4CCC(=O)NC4=O)C5=O)CC3)CC2)cc1. The molecular weight excluding hydrogens is 841 g/mol. The molecule has 1 aliphatic carbocycles. The second-order valence-corrected chi connectivity index (χ2v) is 19.3. The van der Waals surface area contributed by atoms with E-state index in [1.807, 2.05) is 23.1 Å². The summed E-state index contributed by atoms with van der Waals surface area (Å²) in [6, 6.07) is 13.3. The molecule has 1 aromatic heterocycles. The Bertz CT molecular complexity index is 2370. The zero-order chi connectivity index (χ0) is 45.5. The molecule has 18 nitrogen and oxygen atoms in total. The number of urea groups is 1. The molecule has 1 saturated carbocycles. The number of fused-ring (bicyclic) bond motifs is 1. The standard InChI is InChI=1S/C48H60N12O6/c49-42(62)41-43(52-47(54-53-41)57-20-4-7-36(29-57)59-26-25-58(48(59)66)34-5-2-1-3-6-34)50-33-10-8-31(9-11-33)32-18-21-55(22-19-32)28-30-16-23-56(24-17-30)35-12-13-37-38(27-35)46(65)60(45(37)64)39-14-15-40(61)51-44(39)63/h8-13,27,30,32,34,36,39H,1-7,14-26,28-29H2,(H2,49,62)(H,50,52,54)(H,51,61,63). The summed E-state index contributed by atoms with van der Waals surface area (Å²) in [5, 5.41) is 14.1. The lowest BCUT2D eigenvalue weighted by Crippen LogP contribution is -2.54. The van der Waals surface area contributed by atoms with Crippen molar-refractivity contribution in [3.05, 3.63) is 64.8 Å². The highest BCUT2D eigenvalue weighted by Crippen LogP contribution is 2.35. The van der Waals surface area contributed by atoms with E-state index in [4.69, 9.17) is 10.7 Å². The lowest BCUT2D eigenvalue weighted by Gasteiger charge is -2.38. The van der Waals surface area contributed by atoms with Gasteiger partial charge < -0.3 is 35.6 Å². The second-order valence-electron chi connectivity index (χ2n) is 19.3. The molecular formula is C48H60N12O6. The molecule has 10 rings (SSSR count). The van der Waals surface area contributed by atoms with Gasteiger partial charge in [0.05, 0.1) is 17.2 Å². The maximum atomic E-state index is 13.6. The van der Waals surface area contributed by atoms with Crippen molar-refractivity contribution in [2.45, 2.75) is 108 Å². The number of imide groups is 2. The summed E-state index contributed by atoms with van der Waals surface area (Å²) in [5.74, 6) is -0.998. The Hall–Kier alpha value is -6.17. The molecule has 2 aromatic carbocycles. The minimum atomic E-state index is -0.974. The quantitative estimate of drug-likeness (QED) is 0.230. The summed E-state index contributed by atoms with van der Waals surface area (Å²) in [5.41, 5.74) is 9.27. The third-order valence-electron chi connectivity index (χ3n) is 15.3. The molecule has 6 aliphatic heterocycles. The summed E-state index contributed by atoms with van der Waals surface area (Å²) < 4.78 is 0. The van der Waals surface area contributed by atoms with Crippen LogP contribution in [0.3, 0.4) is 0 Å². The first-order chi connectivity index (χ1) is 32.1. The average molecular weight is 901 g/mol. The van der Waals surface area contributed by atoms with Gasteiger partial charge >= 0.3 is 6.03 Å². The monoisotopic (exact) mass is 900 g/mol. The fraction of sp³-hybridized carbons (Fsp3) is 0.562. The van der Waals surface area contributed by atoms with Gasteiger partial charge in [0.1, 0.15) is 6.04 Å². The van der Waals surface area contributed by atoms with Crippen LogP contribution in [0.15, 0.2) is 42.5 Å². The van der Waals surface area contributed by atoms with E-state index >= 15 is 0 Å². The Balaban J connectivity index is 0.698. The zero-order valence-electron chi connectivity index (χ0n) is 37.5. The van der Waals surface area contributed by atoms with Gasteiger partial charge in [-0.2, -0.15) is 4.98 Å². The van der Waals surface area contributed by atoms with Crippen molar-refractivity contribution in [3.8, 4) is 0 Å². The Morgan fingerprint density at radius 3 is 2.15 bits per heavy atom. The van der Waals surface area contributed by atoms with Crippen LogP contribution in [-0.4, -0.2) is 147 Å². The smallest absolute Gasteiger partial charge is 0.320 e. The highest BCUT2D eigenvalue weighted by Gasteiger charge is 2.45. The van der Waals surface area contributed by atoms with Crippen molar-refractivity contribution >= 4 is 58.7 Å². The number of rotatable bonds is 11. The molecule has 2 unspecified atom stereocenters. The number of likely N-dealkylation sites (tertiary alicyclic amines) is 1. The predicted octanol–water partition coefficient (Wildman–Crippen LogP) is 4.25. The number of primary amides is 1. The van der Waals surface area contributed by atoms with E-state index in [1.54, 1.807) is 12.1 Å². The number of anilines is 4. The van der Waals surface area contributed by atoms with Crippen molar-refractivity contribution in [2.75, 3.05) is 74.0 Å². The van der Waals surface area contributed by atoms with Crippen LogP contribution >= 0.6 is 0 Å². The first-order valence-electron chi connectivity index (χ1n) is 24.1. The largest absolute Gasteiger partial charge is 0.371 e. The van der Waals surface area contributed by atoms with Gasteiger partial charge in [-0.05, 0) is 119 Å². The Morgan fingerprint density at radius 2 is 1.42 bits per heavy atom. The van der Waals surface area contributed by atoms with Crippen LogP contribution in [-0.2, 0) is 9.59 Å². The van der Waals surface area contributed by atoms with Crippen molar-refractivity contribution < 1.29 is 28.8 Å². The number of nitrogens with zero attached hydrogens (tertiary/aromatic N) is 9. The molecule has 0 bridgehead atoms. The van der Waals surface area contributed by atoms with E-state index in [0.717, 1.165) is 120 Å². The molecule has 4 N–H and O–H groups in total. The summed E-state index contributed by atoms with van der Waals surface area (Å²) in [6.45, 7) is 7.67. The fourth-order valence-corrected chi connectivity index (χ4v) is 11.6. The maximum Gasteiger partial charge on any atom is 0.320 e. The highest BCUT2D eigenvalue weighted by molar-refractivity contribution is 6.23. The number of carbonyl (C=O) groups is 6. The Kier molecular flexibility index (Phi) is 12.3. The fourth-order valence-electron chi connectivity index (χ4n) is 11.6. The molecule has 7 heterocycles. The average Bonchev–Trinajstić information content (AvgIpc) is 3.84. The van der Waals surface area contributed by atoms with Gasteiger partial charge in [-0.3, -0.25) is 34.2 Å². The number of aromatic nitrogens is 3. The maximum absolute atomic E-state index is 13.6. The van der Waals surface area contributed by atoms with Crippen LogP contribution in [0.1, 0.15) is 126 Å². The summed E-state index contributed by atoms with van der Waals surface area (Å²) in [7, 11) is 0. The van der Waals surface area contributed by atoms with E-state index in [2.05, 4.69) is 52.6 Å². The van der Waals surface area contributed by atoms with Crippen molar-refractivity contribution in [1.82, 2.24) is 40.1 Å². The van der Waals surface area contributed by atoms with E-state index < -0.39 is 35.6 Å². The molecule has 6 fully saturated rings. The van der Waals surface area contributed by atoms with E-state index in [9.17, 15) is 28.8 Å². The van der Waals surface area contributed by atoms with Gasteiger partial charge in [-0.25, -0.2) is 4.79 Å². The third-order valence-corrected chi connectivity index (χ3v) is 15.3. The first-order valence-corrected chi connectivity index (χ1v) is 24.1. The van der Waals surface area contributed by atoms with Gasteiger partial charge in [-0.15, -0.1) is 10.2 Å². The lowest BCUT2D eigenvalue weighted by atomic mass is 9.88. The number of nitrogens with two attached hydrogens (primary N) is 1. The van der Waals surface area contributed by atoms with Crippen LogP contribution in [0.25, 0.3) is 0 Å². The molecule has 18 heteroatoms. The number of hydrogen-bond acceptors (Lipinski definition) is 13. The van der Waals surface area contributed by atoms with Crippen LogP contribution in [0.2, 0.25) is 0 Å². The molecule has 7 aliphatic rings. The van der Waals surface area contributed by atoms with Crippen molar-refractivity contribution in [2.24, 2.45) is 11.7 Å². The number of nitrogens with one attached hydrogen (secondary N) is 2. The number of benzene rings is 2. The minimum Gasteiger partial charge on any atom is -0.371 e. The molecule has 3 aromatic rings. The lowest BCUT2D eigenvalue weighted by molar-refractivity contribution is -0.136. The number of hydrogen-bond donors (Lipinski definition) is 3. The number of carbonyl (C=O) groups excluding carboxylic acids is 6. The zero-order valence-corrected chi connectivity index (χ0v) is 37.5. The van der Waals surface area contributed by atoms with Gasteiger partial charge in [-0.1, -0.05) is 31.4 Å². The molecule has 348 valence electrons. The summed E-state index contributed by atoms with van der Waals surface area (Å²) in [4.78, 5) is 93.6. The topological polar surface area (TPSA) is 211 Å². The van der Waals surface area contributed by atoms with Crippen LogP contribution in [0, 0.1) is 5.92 Å². The molecule has 0 spiro atoms. The molecule has 5 saturated heterocycles. The van der Waals surface area contributed by atoms with Crippen LogP contribution in [0.4, 0.5) is 27.9 Å². The normalized spacial score (nSPS) is 24.1. The molecule has 0 radical (unpaired) electrons. The summed E-state index contributed by atoms with van der Waals surface area (Å²) >= 11 is 0. The number of piperidine rings is 4. The van der Waals surface area contributed by atoms with Crippen LogP contribution < -0.4 is 26.2 Å². The van der Waals surface area contributed by atoms with Gasteiger partial charge in [0.2, 0.25) is 17.8 Å². The second kappa shape index (κ2) is 18.6. The van der Waals surface area contributed by atoms with Gasteiger partial charge in [0, 0.05) is 69.7 Å². The van der Waals surface area contributed by atoms with Gasteiger partial charge in [0.25, 0.3) is 17.7 Å². The Morgan fingerprint density at radius 1 is 0.712 bits per heavy atom. The highest BCUT2D eigenvalue weighted by atomic mass is 16.2. The predicted molar refractivity (Wildman–Crippen MR) is 245 cm³/mol. The molecule has 2 atom stereocenters. The van der Waals surface area contributed by atoms with E-state index in [1.165, 1.54) is 24.8 Å². The minimum absolute atomic E-state index is 0.0234. The first kappa shape index (κ1) is 43.7. The molecule has 7 amide bonds. The van der Waals surface area contributed by atoms with Crippen molar-refractivity contribution in [3.63, 3.8) is 0 Å². The molecule has 66 heavy (non-hydrogen) atoms. The van der Waals surface area contributed by atoms with E-state index in [0.29, 0.717) is 41.5 Å².